The number of hydrogen-bond donors (Lipinski definition) is 3. The number of nitrogens with one attached hydrogen (secondary N) is 3. The van der Waals surface area contributed by atoms with Crippen molar-refractivity contribution < 1.29 is 9.59 Å². The van der Waals surface area contributed by atoms with E-state index in [4.69, 9.17) is 0 Å². The summed E-state index contributed by atoms with van der Waals surface area (Å²) >= 11 is 0. The molecule has 0 aliphatic heterocycles. The molecule has 0 unspecified atom stereocenters. The minimum absolute atomic E-state index is 0.0675. The predicted molar refractivity (Wildman–Crippen MR) is 115 cm³/mol. The Morgan fingerprint density at radius 3 is 2.67 bits per heavy atom. The van der Waals surface area contributed by atoms with Gasteiger partial charge in [-0.1, -0.05) is 13.0 Å². The summed E-state index contributed by atoms with van der Waals surface area (Å²) in [7, 11) is 0. The van der Waals surface area contributed by atoms with E-state index >= 15 is 0 Å². The molecular formula is C22H26N6O2. The topological polar surface area (TPSA) is 100 Å². The molecule has 1 aromatic carbocycles. The fourth-order valence-corrected chi connectivity index (χ4v) is 3.33. The fourth-order valence-electron chi connectivity index (χ4n) is 3.33. The summed E-state index contributed by atoms with van der Waals surface area (Å²) in [5.74, 6) is 0.349. The van der Waals surface area contributed by atoms with Crippen LogP contribution in [0.5, 0.6) is 0 Å². The molecule has 156 valence electrons. The molecule has 8 heteroatoms. The second-order valence-corrected chi connectivity index (χ2v) is 7.74. The summed E-state index contributed by atoms with van der Waals surface area (Å²) in [6, 6.07) is 7.69. The van der Waals surface area contributed by atoms with Crippen molar-refractivity contribution in [1.29, 1.82) is 0 Å². The number of anilines is 2. The summed E-state index contributed by atoms with van der Waals surface area (Å²) in [6.45, 7) is 6.51. The maximum absolute atomic E-state index is 12.5. The van der Waals surface area contributed by atoms with Crippen LogP contribution in [0, 0.1) is 13.8 Å². The number of benzene rings is 1. The van der Waals surface area contributed by atoms with Crippen LogP contribution in [0.2, 0.25) is 0 Å². The number of carbonyl (C=O) groups is 2. The zero-order valence-electron chi connectivity index (χ0n) is 17.5. The molecule has 0 radical (unpaired) electrons. The van der Waals surface area contributed by atoms with Gasteiger partial charge in [-0.05, 0) is 62.4 Å². The molecule has 1 aliphatic carbocycles. The van der Waals surface area contributed by atoms with Gasteiger partial charge in [0.25, 0.3) is 11.8 Å². The second-order valence-electron chi connectivity index (χ2n) is 7.74. The van der Waals surface area contributed by atoms with Crippen LogP contribution in [-0.2, 0) is 0 Å². The first-order valence-corrected chi connectivity index (χ1v) is 10.3. The first-order valence-electron chi connectivity index (χ1n) is 10.3. The van der Waals surface area contributed by atoms with Crippen LogP contribution in [0.15, 0.2) is 30.6 Å². The van der Waals surface area contributed by atoms with Gasteiger partial charge in [-0.2, -0.15) is 5.10 Å². The molecule has 4 rings (SSSR count). The van der Waals surface area contributed by atoms with E-state index in [2.05, 4.69) is 26.0 Å². The third-order valence-electron chi connectivity index (χ3n) is 5.18. The third kappa shape index (κ3) is 3.98. The Labute approximate surface area is 175 Å². The average Bonchev–Trinajstić information content (AvgIpc) is 3.48. The third-order valence-corrected chi connectivity index (χ3v) is 5.18. The van der Waals surface area contributed by atoms with E-state index < -0.39 is 0 Å². The number of carbonyl (C=O) groups excluding carboxylic acids is 2. The highest BCUT2D eigenvalue weighted by molar-refractivity contribution is 5.97. The zero-order chi connectivity index (χ0) is 21.3. The van der Waals surface area contributed by atoms with Crippen LogP contribution in [0.3, 0.4) is 0 Å². The van der Waals surface area contributed by atoms with Gasteiger partial charge in [-0.15, -0.1) is 0 Å². The molecule has 0 saturated heterocycles. The van der Waals surface area contributed by atoms with Gasteiger partial charge in [0.2, 0.25) is 0 Å². The van der Waals surface area contributed by atoms with E-state index in [-0.39, 0.29) is 11.8 Å². The standard InChI is InChI=1S/C22H26N6O2/c1-4-9-23-22(30)18-10-14(3)19-20(24-12-25-28(18)19)27-17-11-15(6-5-13(17)2)21(29)26-16-7-8-16/h5-6,10-12,16H,4,7-9H2,1-3H3,(H,23,30)(H,26,29)(H,24,25,27). The average molecular weight is 406 g/mol. The Balaban J connectivity index is 1.66. The number of aryl methyl sites for hydroxylation is 2. The van der Waals surface area contributed by atoms with Gasteiger partial charge >= 0.3 is 0 Å². The molecule has 30 heavy (non-hydrogen) atoms. The molecule has 1 saturated carbocycles. The van der Waals surface area contributed by atoms with Crippen LogP contribution in [0.4, 0.5) is 11.5 Å². The van der Waals surface area contributed by atoms with Crippen molar-refractivity contribution in [3.63, 3.8) is 0 Å². The lowest BCUT2D eigenvalue weighted by Crippen LogP contribution is -2.25. The minimum Gasteiger partial charge on any atom is -0.351 e. The van der Waals surface area contributed by atoms with E-state index in [0.717, 1.165) is 41.6 Å². The lowest BCUT2D eigenvalue weighted by molar-refractivity contribution is 0.0940. The van der Waals surface area contributed by atoms with E-state index in [0.29, 0.717) is 29.7 Å². The molecule has 0 atom stereocenters. The number of fused-ring (bicyclic) bond motifs is 1. The van der Waals surface area contributed by atoms with Gasteiger partial charge < -0.3 is 16.0 Å². The van der Waals surface area contributed by atoms with E-state index in [1.165, 1.54) is 6.33 Å². The maximum atomic E-state index is 12.5. The van der Waals surface area contributed by atoms with Gasteiger partial charge in [0, 0.05) is 23.8 Å². The molecule has 8 nitrogen and oxygen atoms in total. The van der Waals surface area contributed by atoms with Crippen molar-refractivity contribution in [2.24, 2.45) is 0 Å². The number of amides is 2. The van der Waals surface area contributed by atoms with Crippen LogP contribution < -0.4 is 16.0 Å². The van der Waals surface area contributed by atoms with Crippen molar-refractivity contribution in [3.8, 4) is 0 Å². The number of rotatable bonds is 7. The van der Waals surface area contributed by atoms with Gasteiger partial charge in [0.15, 0.2) is 5.82 Å². The lowest BCUT2D eigenvalue weighted by atomic mass is 10.1. The number of aromatic nitrogens is 3. The molecule has 0 spiro atoms. The molecular weight excluding hydrogens is 380 g/mol. The monoisotopic (exact) mass is 406 g/mol. The SMILES string of the molecule is CCCNC(=O)c1cc(C)c2c(Nc3cc(C(=O)NC4CC4)ccc3C)ncnn12. The van der Waals surface area contributed by atoms with Crippen LogP contribution in [0.25, 0.3) is 5.52 Å². The van der Waals surface area contributed by atoms with E-state index in [1.54, 1.807) is 4.52 Å². The van der Waals surface area contributed by atoms with Crippen LogP contribution in [-0.4, -0.2) is 39.0 Å². The van der Waals surface area contributed by atoms with Crippen LogP contribution in [0.1, 0.15) is 58.2 Å². The van der Waals surface area contributed by atoms with E-state index in [9.17, 15) is 9.59 Å². The highest BCUT2D eigenvalue weighted by Gasteiger charge is 2.24. The quantitative estimate of drug-likeness (QED) is 0.560. The van der Waals surface area contributed by atoms with Crippen molar-refractivity contribution >= 4 is 28.8 Å². The summed E-state index contributed by atoms with van der Waals surface area (Å²) in [4.78, 5) is 29.3. The molecule has 0 bridgehead atoms. The molecule has 2 aromatic heterocycles. The summed E-state index contributed by atoms with van der Waals surface area (Å²) in [6.07, 6.45) is 4.37. The molecule has 3 N–H and O–H groups in total. The second kappa shape index (κ2) is 8.14. The van der Waals surface area contributed by atoms with Crippen molar-refractivity contribution in [3.05, 3.63) is 53.0 Å². The number of hydrogen-bond acceptors (Lipinski definition) is 5. The highest BCUT2D eigenvalue weighted by atomic mass is 16.2. The van der Waals surface area contributed by atoms with Crippen molar-refractivity contribution in [1.82, 2.24) is 25.2 Å². The van der Waals surface area contributed by atoms with Gasteiger partial charge in [0.1, 0.15) is 17.5 Å². The molecule has 1 fully saturated rings. The van der Waals surface area contributed by atoms with Gasteiger partial charge in [-0.25, -0.2) is 9.50 Å². The first-order chi connectivity index (χ1) is 14.5. The van der Waals surface area contributed by atoms with Gasteiger partial charge in [0.05, 0.1) is 0 Å². The van der Waals surface area contributed by atoms with Crippen molar-refractivity contribution in [2.75, 3.05) is 11.9 Å². The van der Waals surface area contributed by atoms with E-state index in [1.807, 2.05) is 45.0 Å². The molecule has 1 aliphatic rings. The Kier molecular flexibility index (Phi) is 5.39. The number of nitrogens with zero attached hydrogens (tertiary/aromatic N) is 3. The smallest absolute Gasteiger partial charge is 0.269 e. The summed E-state index contributed by atoms with van der Waals surface area (Å²) in [5.41, 5.74) is 4.46. The normalized spacial score (nSPS) is 13.3. The summed E-state index contributed by atoms with van der Waals surface area (Å²) < 4.78 is 1.61. The lowest BCUT2D eigenvalue weighted by Gasteiger charge is -2.13. The Morgan fingerprint density at radius 1 is 1.13 bits per heavy atom. The zero-order valence-corrected chi connectivity index (χ0v) is 17.5. The maximum Gasteiger partial charge on any atom is 0.269 e. The summed E-state index contributed by atoms with van der Waals surface area (Å²) in [5, 5.41) is 13.5. The molecule has 2 amide bonds. The largest absolute Gasteiger partial charge is 0.351 e. The molecule has 3 aromatic rings. The minimum atomic E-state index is -0.167. The van der Waals surface area contributed by atoms with Crippen LogP contribution >= 0.6 is 0 Å². The highest BCUT2D eigenvalue weighted by Crippen LogP contribution is 2.27. The molecule has 2 heterocycles. The first kappa shape index (κ1) is 19.9. The Morgan fingerprint density at radius 2 is 1.93 bits per heavy atom. The fraction of sp³-hybridized carbons (Fsp3) is 0.364. The van der Waals surface area contributed by atoms with Gasteiger partial charge in [-0.3, -0.25) is 9.59 Å². The predicted octanol–water partition coefficient (Wildman–Crippen LogP) is 3.12. The van der Waals surface area contributed by atoms with Crippen molar-refractivity contribution in [2.45, 2.75) is 46.1 Å². The Hall–Kier alpha value is -3.42. The Bertz CT molecular complexity index is 1120.